The molecule has 18 heavy (non-hydrogen) atoms. The number of halogens is 1. The SMILES string of the molecule is CCOCCN(CC)c1ccc(C(N)=S)c(Br)c1. The number of hydrogen-bond acceptors (Lipinski definition) is 3. The van der Waals surface area contributed by atoms with Crippen LogP contribution in [0.1, 0.15) is 19.4 Å². The summed E-state index contributed by atoms with van der Waals surface area (Å²) in [6.45, 7) is 7.43. The molecular weight excluding hydrogens is 312 g/mol. The number of thiocarbonyl (C=S) groups is 1. The number of hydrogen-bond donors (Lipinski definition) is 1. The van der Waals surface area contributed by atoms with Gasteiger partial charge in [-0.1, -0.05) is 12.2 Å². The van der Waals surface area contributed by atoms with Gasteiger partial charge in [0, 0.05) is 35.4 Å². The Labute approximate surface area is 122 Å². The third kappa shape index (κ3) is 4.23. The number of likely N-dealkylation sites (N-methyl/N-ethyl adjacent to an activating group) is 1. The van der Waals surface area contributed by atoms with Crippen LogP contribution < -0.4 is 10.6 Å². The molecule has 0 aliphatic carbocycles. The van der Waals surface area contributed by atoms with Crippen molar-refractivity contribution in [1.29, 1.82) is 0 Å². The van der Waals surface area contributed by atoms with E-state index in [0.717, 1.165) is 42.0 Å². The fourth-order valence-corrected chi connectivity index (χ4v) is 2.58. The van der Waals surface area contributed by atoms with Gasteiger partial charge in [-0.05, 0) is 48.0 Å². The van der Waals surface area contributed by atoms with Crippen molar-refractivity contribution in [3.63, 3.8) is 0 Å². The fraction of sp³-hybridized carbons (Fsp3) is 0.462. The second-order valence-electron chi connectivity index (χ2n) is 3.80. The molecule has 3 nitrogen and oxygen atoms in total. The Morgan fingerprint density at radius 1 is 1.44 bits per heavy atom. The predicted molar refractivity (Wildman–Crippen MR) is 84.4 cm³/mol. The maximum absolute atomic E-state index is 5.64. The zero-order valence-corrected chi connectivity index (χ0v) is 13.2. The Morgan fingerprint density at radius 2 is 2.17 bits per heavy atom. The summed E-state index contributed by atoms with van der Waals surface area (Å²) in [5.74, 6) is 0. The molecule has 0 aliphatic heterocycles. The lowest BCUT2D eigenvalue weighted by Crippen LogP contribution is -2.27. The first-order valence-electron chi connectivity index (χ1n) is 6.02. The Kier molecular flexibility index (Phi) is 6.60. The summed E-state index contributed by atoms with van der Waals surface area (Å²) < 4.78 is 6.32. The fourth-order valence-electron chi connectivity index (χ4n) is 1.69. The molecule has 0 fully saturated rings. The highest BCUT2D eigenvalue weighted by molar-refractivity contribution is 9.10. The van der Waals surface area contributed by atoms with Crippen LogP contribution in [0, 0.1) is 0 Å². The lowest BCUT2D eigenvalue weighted by Gasteiger charge is -2.23. The number of rotatable bonds is 7. The topological polar surface area (TPSA) is 38.5 Å². The number of nitrogens with two attached hydrogens (primary N) is 1. The van der Waals surface area contributed by atoms with Crippen LogP contribution in [0.25, 0.3) is 0 Å². The van der Waals surface area contributed by atoms with E-state index in [1.54, 1.807) is 0 Å². The summed E-state index contributed by atoms with van der Waals surface area (Å²) in [6, 6.07) is 6.03. The lowest BCUT2D eigenvalue weighted by atomic mass is 10.2. The zero-order chi connectivity index (χ0) is 13.5. The monoisotopic (exact) mass is 330 g/mol. The molecule has 0 radical (unpaired) electrons. The number of benzene rings is 1. The van der Waals surface area contributed by atoms with E-state index in [2.05, 4.69) is 27.8 Å². The highest BCUT2D eigenvalue weighted by atomic mass is 79.9. The molecule has 1 rings (SSSR count). The van der Waals surface area contributed by atoms with Gasteiger partial charge in [0.2, 0.25) is 0 Å². The van der Waals surface area contributed by atoms with E-state index in [1.165, 1.54) is 0 Å². The third-order valence-corrected chi connectivity index (χ3v) is 3.55. The molecule has 0 atom stereocenters. The van der Waals surface area contributed by atoms with Crippen molar-refractivity contribution in [2.45, 2.75) is 13.8 Å². The van der Waals surface area contributed by atoms with Crippen molar-refractivity contribution in [1.82, 2.24) is 0 Å². The summed E-state index contributed by atoms with van der Waals surface area (Å²) in [4.78, 5) is 2.66. The molecule has 0 amide bonds. The molecule has 0 bridgehead atoms. The van der Waals surface area contributed by atoms with E-state index in [4.69, 9.17) is 22.7 Å². The largest absolute Gasteiger partial charge is 0.389 e. The highest BCUT2D eigenvalue weighted by Gasteiger charge is 2.08. The Bertz CT molecular complexity index is 412. The van der Waals surface area contributed by atoms with Gasteiger partial charge in [0.25, 0.3) is 0 Å². The van der Waals surface area contributed by atoms with Gasteiger partial charge in [0.15, 0.2) is 0 Å². The van der Waals surface area contributed by atoms with Gasteiger partial charge >= 0.3 is 0 Å². The number of ether oxygens (including phenoxy) is 1. The molecule has 0 aliphatic rings. The average Bonchev–Trinajstić information content (AvgIpc) is 2.34. The van der Waals surface area contributed by atoms with Crippen LogP contribution in [-0.4, -0.2) is 31.3 Å². The van der Waals surface area contributed by atoms with E-state index in [-0.39, 0.29) is 0 Å². The summed E-state index contributed by atoms with van der Waals surface area (Å²) >= 11 is 8.49. The Balaban J connectivity index is 2.80. The molecule has 100 valence electrons. The minimum Gasteiger partial charge on any atom is -0.389 e. The van der Waals surface area contributed by atoms with E-state index in [9.17, 15) is 0 Å². The Hall–Kier alpha value is -0.650. The van der Waals surface area contributed by atoms with Gasteiger partial charge < -0.3 is 15.4 Å². The third-order valence-electron chi connectivity index (χ3n) is 2.67. The van der Waals surface area contributed by atoms with Gasteiger partial charge in [-0.15, -0.1) is 0 Å². The van der Waals surface area contributed by atoms with Crippen molar-refractivity contribution in [3.05, 3.63) is 28.2 Å². The van der Waals surface area contributed by atoms with Crippen molar-refractivity contribution < 1.29 is 4.74 Å². The van der Waals surface area contributed by atoms with Gasteiger partial charge in [-0.3, -0.25) is 0 Å². The van der Waals surface area contributed by atoms with Gasteiger partial charge in [-0.2, -0.15) is 0 Å². The summed E-state index contributed by atoms with van der Waals surface area (Å²) in [5.41, 5.74) is 7.65. The molecule has 0 heterocycles. The minimum atomic E-state index is 0.408. The van der Waals surface area contributed by atoms with Crippen LogP contribution in [0.15, 0.2) is 22.7 Å². The maximum Gasteiger partial charge on any atom is 0.105 e. The highest BCUT2D eigenvalue weighted by Crippen LogP contribution is 2.24. The maximum atomic E-state index is 5.64. The van der Waals surface area contributed by atoms with Crippen LogP contribution in [0.3, 0.4) is 0 Å². The molecule has 0 spiro atoms. The quantitative estimate of drug-likeness (QED) is 0.616. The van der Waals surface area contributed by atoms with Crippen molar-refractivity contribution in [3.8, 4) is 0 Å². The number of nitrogens with zero attached hydrogens (tertiary/aromatic N) is 1. The summed E-state index contributed by atoms with van der Waals surface area (Å²) in [5, 5.41) is 0. The second kappa shape index (κ2) is 7.71. The summed E-state index contributed by atoms with van der Waals surface area (Å²) in [6.07, 6.45) is 0. The van der Waals surface area contributed by atoms with Crippen molar-refractivity contribution in [2.24, 2.45) is 5.73 Å². The van der Waals surface area contributed by atoms with Crippen molar-refractivity contribution >= 4 is 38.8 Å². The average molecular weight is 331 g/mol. The molecule has 1 aromatic rings. The minimum absolute atomic E-state index is 0.408. The molecular formula is C13H19BrN2OS. The second-order valence-corrected chi connectivity index (χ2v) is 5.10. The smallest absolute Gasteiger partial charge is 0.105 e. The lowest BCUT2D eigenvalue weighted by molar-refractivity contribution is 0.154. The van der Waals surface area contributed by atoms with E-state index in [0.29, 0.717) is 4.99 Å². The van der Waals surface area contributed by atoms with Gasteiger partial charge in [-0.25, -0.2) is 0 Å². The van der Waals surface area contributed by atoms with Crippen LogP contribution in [0.2, 0.25) is 0 Å². The first-order chi connectivity index (χ1) is 8.60. The molecule has 0 saturated heterocycles. The molecule has 0 unspecified atom stereocenters. The van der Waals surface area contributed by atoms with E-state index >= 15 is 0 Å². The molecule has 2 N–H and O–H groups in total. The Morgan fingerprint density at radius 3 is 2.67 bits per heavy atom. The summed E-state index contributed by atoms with van der Waals surface area (Å²) in [7, 11) is 0. The molecule has 5 heteroatoms. The number of anilines is 1. The molecule has 0 aromatic heterocycles. The van der Waals surface area contributed by atoms with Crippen LogP contribution in [0.4, 0.5) is 5.69 Å². The normalized spacial score (nSPS) is 10.4. The van der Waals surface area contributed by atoms with E-state index < -0.39 is 0 Å². The standard InChI is InChI=1S/C13H19BrN2OS/c1-3-16(7-8-17-4-2)10-5-6-11(13(15)18)12(14)9-10/h5-6,9H,3-4,7-8H2,1-2H3,(H2,15,18). The van der Waals surface area contributed by atoms with Crippen LogP contribution in [-0.2, 0) is 4.74 Å². The zero-order valence-electron chi connectivity index (χ0n) is 10.8. The molecule has 1 aromatic carbocycles. The first kappa shape index (κ1) is 15.4. The van der Waals surface area contributed by atoms with Gasteiger partial charge in [0.05, 0.1) is 6.61 Å². The van der Waals surface area contributed by atoms with Gasteiger partial charge in [0.1, 0.15) is 4.99 Å². The van der Waals surface area contributed by atoms with E-state index in [1.807, 2.05) is 25.1 Å². The first-order valence-corrected chi connectivity index (χ1v) is 7.22. The molecule has 0 saturated carbocycles. The van der Waals surface area contributed by atoms with Crippen LogP contribution >= 0.6 is 28.1 Å². The predicted octanol–water partition coefficient (Wildman–Crippen LogP) is 2.95. The van der Waals surface area contributed by atoms with Crippen molar-refractivity contribution in [2.75, 3.05) is 31.2 Å². The van der Waals surface area contributed by atoms with Crippen LogP contribution in [0.5, 0.6) is 0 Å².